The molecule has 0 aliphatic rings. The van der Waals surface area contributed by atoms with Gasteiger partial charge in [0.15, 0.2) is 5.75 Å². The van der Waals surface area contributed by atoms with Gasteiger partial charge in [0.25, 0.3) is 5.56 Å². The summed E-state index contributed by atoms with van der Waals surface area (Å²) in [6.07, 6.45) is -5.22. The van der Waals surface area contributed by atoms with Gasteiger partial charge in [0.1, 0.15) is 0 Å². The van der Waals surface area contributed by atoms with E-state index < -0.39 is 17.8 Å². The molecule has 0 saturated carbocycles. The van der Waals surface area contributed by atoms with Crippen molar-refractivity contribution < 1.29 is 22.6 Å². The van der Waals surface area contributed by atoms with Gasteiger partial charge in [-0.2, -0.15) is 5.26 Å². The molecule has 0 fully saturated rings. The first-order valence-corrected chi connectivity index (χ1v) is 4.30. The van der Waals surface area contributed by atoms with Crippen molar-refractivity contribution in [2.45, 2.75) is 12.8 Å². The smallest absolute Gasteiger partial charge is 0.491 e. The fourth-order valence-electron chi connectivity index (χ4n) is 1.20. The van der Waals surface area contributed by atoms with Crippen LogP contribution in [0.3, 0.4) is 0 Å². The number of hydrogen-bond donors (Lipinski definition) is 1. The number of pyridine rings is 1. The third-order valence-corrected chi connectivity index (χ3v) is 1.73. The molecule has 1 N–H and O–H groups in total. The molecule has 8 heteroatoms. The van der Waals surface area contributed by atoms with E-state index in [1.807, 2.05) is 4.98 Å². The number of aromatic amines is 1. The van der Waals surface area contributed by atoms with Gasteiger partial charge >= 0.3 is 6.36 Å². The van der Waals surface area contributed by atoms with Crippen molar-refractivity contribution in [3.63, 3.8) is 0 Å². The second-order valence-electron chi connectivity index (χ2n) is 2.90. The molecule has 0 aliphatic carbocycles. The number of hydrogen-bond acceptors (Lipinski definition) is 4. The van der Waals surface area contributed by atoms with Crippen LogP contribution < -0.4 is 15.0 Å². The van der Waals surface area contributed by atoms with Crippen LogP contribution in [0.4, 0.5) is 13.2 Å². The molecule has 1 rings (SSSR count). The van der Waals surface area contributed by atoms with Gasteiger partial charge in [-0.25, -0.2) is 0 Å². The highest BCUT2D eigenvalue weighted by molar-refractivity contribution is 5.42. The Bertz CT molecular complexity index is 502. The molecule has 5 nitrogen and oxygen atoms in total. The van der Waals surface area contributed by atoms with Crippen molar-refractivity contribution in [2.75, 3.05) is 7.11 Å². The predicted molar refractivity (Wildman–Crippen MR) is 49.6 cm³/mol. The summed E-state index contributed by atoms with van der Waals surface area (Å²) in [7, 11) is 1.11. The number of methoxy groups -OCH3 is 1. The number of H-pyrrole nitrogens is 1. The van der Waals surface area contributed by atoms with Gasteiger partial charge in [-0.05, 0) is 0 Å². The van der Waals surface area contributed by atoms with E-state index in [0.717, 1.165) is 13.2 Å². The minimum absolute atomic E-state index is 0.0259. The summed E-state index contributed by atoms with van der Waals surface area (Å²) in [5.74, 6) is -1.18. The molecule has 17 heavy (non-hydrogen) atoms. The van der Waals surface area contributed by atoms with Gasteiger partial charge in [0, 0.05) is 11.6 Å². The second-order valence-corrected chi connectivity index (χ2v) is 2.90. The van der Waals surface area contributed by atoms with Crippen LogP contribution in [-0.4, -0.2) is 18.5 Å². The number of rotatable bonds is 3. The molecule has 0 radical (unpaired) electrons. The van der Waals surface area contributed by atoms with Gasteiger partial charge in [0.2, 0.25) is 5.88 Å². The third-order valence-electron chi connectivity index (χ3n) is 1.73. The summed E-state index contributed by atoms with van der Waals surface area (Å²) in [4.78, 5) is 12.9. The molecule has 0 aliphatic heterocycles. The maximum atomic E-state index is 12.0. The Morgan fingerprint density at radius 2 is 2.18 bits per heavy atom. The van der Waals surface area contributed by atoms with Crippen LogP contribution in [0.5, 0.6) is 11.6 Å². The quantitative estimate of drug-likeness (QED) is 0.875. The van der Waals surface area contributed by atoms with Crippen LogP contribution >= 0.6 is 0 Å². The number of alkyl halides is 3. The molecule has 0 bridgehead atoms. The largest absolute Gasteiger partial charge is 0.574 e. The first-order chi connectivity index (χ1) is 7.87. The summed E-state index contributed by atoms with van der Waals surface area (Å²) in [6.45, 7) is 0. The normalized spacial score (nSPS) is 10.8. The molecule has 0 saturated heterocycles. The first kappa shape index (κ1) is 12.9. The number of aromatic nitrogens is 1. The summed E-state index contributed by atoms with van der Waals surface area (Å²) >= 11 is 0. The molecule has 0 amide bonds. The van der Waals surface area contributed by atoms with Crippen LogP contribution in [0, 0.1) is 11.3 Å². The molecular weight excluding hydrogens is 241 g/mol. The van der Waals surface area contributed by atoms with E-state index in [4.69, 9.17) is 5.26 Å². The van der Waals surface area contributed by atoms with Crippen LogP contribution in [-0.2, 0) is 6.42 Å². The van der Waals surface area contributed by atoms with Gasteiger partial charge in [-0.3, -0.25) is 9.78 Å². The lowest BCUT2D eigenvalue weighted by atomic mass is 10.2. The van der Waals surface area contributed by atoms with E-state index in [0.29, 0.717) is 0 Å². The number of nitriles is 1. The summed E-state index contributed by atoms with van der Waals surface area (Å²) in [6, 6.07) is 2.68. The third kappa shape index (κ3) is 3.41. The van der Waals surface area contributed by atoms with E-state index >= 15 is 0 Å². The van der Waals surface area contributed by atoms with Gasteiger partial charge in [-0.1, -0.05) is 0 Å². The number of halogens is 3. The van der Waals surface area contributed by atoms with E-state index in [-0.39, 0.29) is 17.7 Å². The highest BCUT2D eigenvalue weighted by Gasteiger charge is 2.33. The minimum Gasteiger partial charge on any atom is -0.491 e. The second kappa shape index (κ2) is 4.78. The van der Waals surface area contributed by atoms with Crippen molar-refractivity contribution >= 4 is 0 Å². The van der Waals surface area contributed by atoms with Crippen molar-refractivity contribution in [1.82, 2.24) is 4.98 Å². The fourth-order valence-corrected chi connectivity index (χ4v) is 1.20. The Morgan fingerprint density at radius 1 is 1.53 bits per heavy atom. The summed E-state index contributed by atoms with van der Waals surface area (Å²) in [5, 5.41) is 8.47. The fraction of sp³-hybridized carbons (Fsp3) is 0.333. The summed E-state index contributed by atoms with van der Waals surface area (Å²) < 4.78 is 44.4. The van der Waals surface area contributed by atoms with Crippen molar-refractivity contribution in [2.24, 2.45) is 0 Å². The molecule has 0 atom stereocenters. The number of nitrogens with zero attached hydrogens (tertiary/aromatic N) is 1. The standard InChI is InChI=1S/C9H7F3N2O3/c1-16-7-5(2-3-13)4-6(15)14-8(7)17-9(10,11)12/h4H,2H2,1H3,(H,14,15). The van der Waals surface area contributed by atoms with Crippen molar-refractivity contribution in [1.29, 1.82) is 5.26 Å². The van der Waals surface area contributed by atoms with Crippen LogP contribution in [0.2, 0.25) is 0 Å². The van der Waals surface area contributed by atoms with E-state index in [9.17, 15) is 18.0 Å². The Morgan fingerprint density at radius 3 is 2.65 bits per heavy atom. The van der Waals surface area contributed by atoms with Crippen molar-refractivity contribution in [3.05, 3.63) is 22.0 Å². The highest BCUT2D eigenvalue weighted by Crippen LogP contribution is 2.31. The average Bonchev–Trinajstić information content (AvgIpc) is 2.15. The lowest BCUT2D eigenvalue weighted by Gasteiger charge is -2.13. The number of ether oxygens (including phenoxy) is 2. The molecule has 0 spiro atoms. The van der Waals surface area contributed by atoms with Gasteiger partial charge in [0.05, 0.1) is 19.6 Å². The van der Waals surface area contributed by atoms with Crippen LogP contribution in [0.25, 0.3) is 0 Å². The SMILES string of the molecule is COc1c(CC#N)cc(=O)[nH]c1OC(F)(F)F. The van der Waals surface area contributed by atoms with E-state index in [2.05, 4.69) is 9.47 Å². The Balaban J connectivity index is 3.29. The topological polar surface area (TPSA) is 75.1 Å². The Hall–Kier alpha value is -2.17. The number of nitrogens with one attached hydrogen (secondary N) is 1. The zero-order chi connectivity index (χ0) is 13.1. The van der Waals surface area contributed by atoms with E-state index in [1.54, 1.807) is 6.07 Å². The van der Waals surface area contributed by atoms with Gasteiger partial charge < -0.3 is 9.47 Å². The van der Waals surface area contributed by atoms with Crippen LogP contribution in [0.15, 0.2) is 10.9 Å². The molecular formula is C9H7F3N2O3. The molecule has 1 heterocycles. The lowest BCUT2D eigenvalue weighted by molar-refractivity contribution is -0.276. The molecule has 0 aromatic carbocycles. The minimum atomic E-state index is -4.96. The Kier molecular flexibility index (Phi) is 3.62. The lowest BCUT2D eigenvalue weighted by Crippen LogP contribution is -2.21. The zero-order valence-corrected chi connectivity index (χ0v) is 8.59. The van der Waals surface area contributed by atoms with Crippen LogP contribution in [0.1, 0.15) is 5.56 Å². The zero-order valence-electron chi connectivity index (χ0n) is 8.59. The maximum Gasteiger partial charge on any atom is 0.574 e. The highest BCUT2D eigenvalue weighted by atomic mass is 19.4. The van der Waals surface area contributed by atoms with E-state index in [1.165, 1.54) is 0 Å². The molecule has 1 aromatic heterocycles. The van der Waals surface area contributed by atoms with Crippen molar-refractivity contribution in [3.8, 4) is 17.7 Å². The molecule has 1 aromatic rings. The first-order valence-electron chi connectivity index (χ1n) is 4.30. The summed E-state index contributed by atoms with van der Waals surface area (Å²) in [5.41, 5.74) is -0.784. The predicted octanol–water partition coefficient (Wildman–Crippen LogP) is 1.35. The molecule has 92 valence electrons. The average molecular weight is 248 g/mol. The van der Waals surface area contributed by atoms with Gasteiger partial charge in [-0.15, -0.1) is 13.2 Å². The molecule has 0 unspecified atom stereocenters. The monoisotopic (exact) mass is 248 g/mol. The Labute approximate surface area is 93.4 Å². The maximum absolute atomic E-state index is 12.0.